The molecule has 0 amide bonds. The van der Waals surface area contributed by atoms with Crippen molar-refractivity contribution >= 4 is 28.3 Å². The van der Waals surface area contributed by atoms with E-state index in [-0.39, 0.29) is 98.0 Å². The maximum atomic E-state index is 15.1. The van der Waals surface area contributed by atoms with Crippen molar-refractivity contribution in [1.29, 1.82) is 0 Å². The summed E-state index contributed by atoms with van der Waals surface area (Å²) in [6.07, 6.45) is 5.55. The number of phenolic OH excluding ortho intramolecular Hbond substituents is 4. The van der Waals surface area contributed by atoms with Gasteiger partial charge < -0.3 is 59.3 Å². The van der Waals surface area contributed by atoms with Crippen LogP contribution in [0.15, 0.2) is 42.7 Å². The Morgan fingerprint density at radius 3 is 2.28 bits per heavy atom. The summed E-state index contributed by atoms with van der Waals surface area (Å²) < 4.78 is 37.1. The quantitative estimate of drug-likeness (QED) is 0.108. The van der Waals surface area contributed by atoms with Crippen molar-refractivity contribution in [3.05, 3.63) is 92.8 Å². The Hall–Kier alpha value is -4.25. The second-order valence-electron chi connectivity index (χ2n) is 19.5. The molecule has 3 fully saturated rings. The average Bonchev–Trinajstić information content (AvgIpc) is 3.82. The smallest absolute Gasteiger partial charge is 0.231 e. The molecule has 375 valence electrons. The number of aryl methyl sites for hydroxylation is 3. The zero-order valence-corrected chi connectivity index (χ0v) is 47.4. The minimum absolute atomic E-state index is 0. The first kappa shape index (κ1) is 51.6. The molecule has 6 N–H and O–H groups in total. The van der Waals surface area contributed by atoms with Crippen LogP contribution in [0, 0.1) is 64.8 Å². The van der Waals surface area contributed by atoms with Gasteiger partial charge in [0, 0.05) is 91.4 Å². The molecule has 71 heavy (non-hydrogen) atoms. The van der Waals surface area contributed by atoms with E-state index in [1.807, 2.05) is 63.1 Å². The molecule has 8 atom stereocenters. The number of hydrogen-bond acceptors (Lipinski definition) is 16. The molecule has 2 spiro atoms. The number of piperazine rings is 1. The molecular weight excluding hydrogens is 1140 g/mol. The first-order chi connectivity index (χ1) is 33.5. The van der Waals surface area contributed by atoms with Gasteiger partial charge in [0.15, 0.2) is 69.1 Å². The fourth-order valence-corrected chi connectivity index (χ4v) is 14.3. The van der Waals surface area contributed by atoms with Gasteiger partial charge in [-0.25, -0.2) is 4.57 Å². The number of aliphatic hydroxyl groups is 1. The predicted molar refractivity (Wildman–Crippen MR) is 261 cm³/mol. The number of aromatic hydroxyl groups is 4. The number of benzene rings is 4. The van der Waals surface area contributed by atoms with Crippen LogP contribution in [0.25, 0.3) is 10.8 Å². The number of ketones is 1. The van der Waals surface area contributed by atoms with Gasteiger partial charge in [-0.05, 0) is 92.1 Å². The van der Waals surface area contributed by atoms with Gasteiger partial charge >= 0.3 is 0 Å². The first-order valence-corrected chi connectivity index (χ1v) is 24.8. The molecule has 13 rings (SSSR count). The summed E-state index contributed by atoms with van der Waals surface area (Å²) in [5.41, 5.74) is 5.81. The Morgan fingerprint density at radius 2 is 1.59 bits per heavy atom. The van der Waals surface area contributed by atoms with Crippen LogP contribution >= 0.6 is 11.8 Å². The Labute approximate surface area is 453 Å². The van der Waals surface area contributed by atoms with E-state index in [4.69, 9.17) is 28.4 Å². The monoisotopic (exact) mass is 1210 g/mol. The van der Waals surface area contributed by atoms with Gasteiger partial charge in [-0.2, -0.15) is 0 Å². The van der Waals surface area contributed by atoms with Crippen LogP contribution in [0.4, 0.5) is 0 Å². The second kappa shape index (κ2) is 19.2. The van der Waals surface area contributed by atoms with Gasteiger partial charge in [0.25, 0.3) is 0 Å². The number of methoxy groups -OCH3 is 3. The van der Waals surface area contributed by atoms with Crippen molar-refractivity contribution in [2.24, 2.45) is 7.05 Å². The van der Waals surface area contributed by atoms with Gasteiger partial charge in [0.2, 0.25) is 6.79 Å². The van der Waals surface area contributed by atoms with Crippen LogP contribution in [0.3, 0.4) is 0 Å². The van der Waals surface area contributed by atoms with Gasteiger partial charge in [-0.3, -0.25) is 14.6 Å². The fraction of sp³-hybridized carbons (Fsp3) is 0.472. The molecule has 2 saturated heterocycles. The van der Waals surface area contributed by atoms with E-state index in [0.717, 1.165) is 44.2 Å². The number of ether oxygens (including phenoxy) is 6. The van der Waals surface area contributed by atoms with E-state index in [1.165, 1.54) is 25.3 Å². The molecule has 4 aromatic carbocycles. The molecule has 7 aliphatic heterocycles. The molecule has 1 saturated carbocycles. The summed E-state index contributed by atoms with van der Waals surface area (Å²) in [4.78, 5) is 18.0. The normalized spacial score (nSPS) is 27.3. The van der Waals surface area contributed by atoms with Crippen molar-refractivity contribution in [2.45, 2.75) is 106 Å². The van der Waals surface area contributed by atoms with Gasteiger partial charge in [-0.15, -0.1) is 11.8 Å². The van der Waals surface area contributed by atoms with Crippen LogP contribution in [-0.2, 0) is 35.0 Å². The summed E-state index contributed by atoms with van der Waals surface area (Å²) in [5.74, 6) is 2.42. The summed E-state index contributed by atoms with van der Waals surface area (Å²) in [7, 11) is 8.48. The number of likely N-dealkylation sites (N-methyl/N-ethyl adjacent to an activating group) is 1. The number of carbonyl (C=O) groups excluding carboxylic acids is 1. The van der Waals surface area contributed by atoms with Gasteiger partial charge in [0.1, 0.15) is 24.6 Å². The van der Waals surface area contributed by atoms with Crippen LogP contribution in [-0.4, -0.2) is 113 Å². The maximum Gasteiger partial charge on any atom is 0.231 e. The molecule has 1 radical (unpaired) electrons. The van der Waals surface area contributed by atoms with Gasteiger partial charge in [-0.1, -0.05) is 26.3 Å². The third-order valence-electron chi connectivity index (χ3n) is 15.4. The third-order valence-corrected chi connectivity index (χ3v) is 17.0. The molecule has 5 aromatic rings. The molecule has 1 aromatic heterocycles. The van der Waals surface area contributed by atoms with Gasteiger partial charge in [0.05, 0.1) is 56.7 Å². The Kier molecular flexibility index (Phi) is 14.0. The minimum atomic E-state index is -1.32. The van der Waals surface area contributed by atoms with E-state index >= 15 is 4.79 Å². The number of Topliss-reactive ketones (excluding diaryl/α,β-unsaturated/α-hetero) is 1. The molecule has 8 aliphatic rings. The number of aromatic nitrogens is 1. The van der Waals surface area contributed by atoms with Crippen molar-refractivity contribution in [1.82, 2.24) is 15.1 Å². The number of nitrogens with one attached hydrogen (secondary N) is 1. The molecule has 16 nitrogen and oxygen atoms in total. The van der Waals surface area contributed by atoms with Crippen LogP contribution in [0.2, 0.25) is 0 Å². The van der Waals surface area contributed by atoms with E-state index in [1.54, 1.807) is 33.3 Å². The average molecular weight is 1210 g/mol. The van der Waals surface area contributed by atoms with Crippen LogP contribution in [0.1, 0.15) is 94.1 Å². The zero-order valence-electron chi connectivity index (χ0n) is 41.9. The number of phenols is 4. The third kappa shape index (κ3) is 7.66. The number of nitrogens with zero attached hydrogens (tertiary/aromatic N) is 3. The molecule has 8 heterocycles. The molecular formula is C53H63AcN4O12S+. The summed E-state index contributed by atoms with van der Waals surface area (Å²) >= 11 is 1.35. The predicted octanol–water partition coefficient (Wildman–Crippen LogP) is 6.44. The van der Waals surface area contributed by atoms with Crippen molar-refractivity contribution in [3.63, 3.8) is 0 Å². The fourth-order valence-electron chi connectivity index (χ4n) is 12.4. The van der Waals surface area contributed by atoms with Crippen LogP contribution in [0.5, 0.6) is 51.7 Å². The summed E-state index contributed by atoms with van der Waals surface area (Å²) in [6, 6.07) is 7.50. The standard InChI is InChI=1S/C38H41N3O10S.C12H13NO2.C3H8.Ac/c1-15-8-18-9-20-35(45)41-21-12-51-38(13-37(36(38)46)19-11-23(47-4)22(42)10-17(19)6-7-39-37)52-34(26-25(21)33-32(49-14-50-33)16(2)29(26)43)28(41)27(40(20)3)24(18)30(44)31(15)48-5;1-8-6-9-4-5-13(2)7-10(9)11(14)12(8)15-3;1-3-2;/h8,10-11,20-21,27-28,34-35,39,42-45H,6-7,9,12-14H2,1-5H3;4-7H,1-3H3;3H2,1-2H3;/p+1/t20?,21?,27?,28?,34?,35?,37-,38?;;;/m1.../s1. The topological polar surface area (TPSA) is 196 Å². The van der Waals surface area contributed by atoms with Crippen LogP contribution < -0.4 is 33.6 Å². The Morgan fingerprint density at radius 1 is 0.901 bits per heavy atom. The first-order valence-electron chi connectivity index (χ1n) is 23.9. The number of fused-ring (bicyclic) bond motifs is 9. The molecule has 4 bridgehead atoms. The van der Waals surface area contributed by atoms with E-state index in [2.05, 4.69) is 29.0 Å². The maximum absolute atomic E-state index is 15.1. The van der Waals surface area contributed by atoms with Crippen molar-refractivity contribution in [2.75, 3.05) is 48.3 Å². The number of thioether (sulfide) groups is 1. The Bertz CT molecular complexity index is 2980. The zero-order chi connectivity index (χ0) is 49.9. The molecule has 1 aliphatic carbocycles. The molecule has 18 heteroatoms. The number of pyridine rings is 1. The number of aliphatic hydroxyl groups excluding tert-OH is 1. The molecule has 7 unspecified atom stereocenters. The SMILES string of the molecule is CCC.COc1c(C)cc2cc[n+](C)cc2c1O.COc1cc2c(cc1O)CCN[C@]21CC2(OCC3c4c5c(c(C)c(O)c4C(S2)C2C4c6c(cc(C)c(OC)c6O)CC(C(O)N32)N4C)OCO5)C1=O.[Ac]. The van der Waals surface area contributed by atoms with Crippen molar-refractivity contribution in [3.8, 4) is 51.7 Å². The van der Waals surface area contributed by atoms with E-state index < -0.39 is 40.1 Å². The van der Waals surface area contributed by atoms with E-state index in [9.17, 15) is 25.5 Å². The number of rotatable bonds is 3. The second-order valence-corrected chi connectivity index (χ2v) is 20.9. The number of carbonyl (C=O) groups is 1. The Balaban J connectivity index is 0.000000279. The van der Waals surface area contributed by atoms with Crippen molar-refractivity contribution < 1.29 is 107 Å². The number of hydrogen-bond donors (Lipinski definition) is 6. The largest absolute Gasteiger partial charge is 0.507 e. The minimum Gasteiger partial charge on any atom is -0.507 e. The summed E-state index contributed by atoms with van der Waals surface area (Å²) in [6.45, 7) is 10.4. The van der Waals surface area contributed by atoms with E-state index in [0.29, 0.717) is 65.5 Å². The summed E-state index contributed by atoms with van der Waals surface area (Å²) in [5, 5.41) is 61.8.